The Bertz CT molecular complexity index is 193. The zero-order valence-corrected chi connectivity index (χ0v) is 5.46. The highest BCUT2D eigenvalue weighted by Crippen LogP contribution is 2.14. The van der Waals surface area contributed by atoms with Crippen molar-refractivity contribution in [3.05, 3.63) is 23.8 Å². The topological polar surface area (TPSA) is 23.8 Å². The number of nitriles is 1. The molecule has 46 valence electrons. The van der Waals surface area contributed by atoms with Crippen LogP contribution in [0.3, 0.4) is 0 Å². The van der Waals surface area contributed by atoms with E-state index in [1.54, 1.807) is 0 Å². The summed E-state index contributed by atoms with van der Waals surface area (Å²) in [5.41, 5.74) is 1.27. The number of rotatable bonds is 0. The van der Waals surface area contributed by atoms with Gasteiger partial charge in [-0.15, -0.1) is 0 Å². The zero-order chi connectivity index (χ0) is 6.69. The van der Waals surface area contributed by atoms with Crippen molar-refractivity contribution in [2.75, 3.05) is 0 Å². The Morgan fingerprint density at radius 3 is 3.00 bits per heavy atom. The Balaban J connectivity index is 2.61. The molecule has 0 fully saturated rings. The van der Waals surface area contributed by atoms with E-state index in [9.17, 15) is 0 Å². The maximum Gasteiger partial charge on any atom is 0.0700 e. The van der Waals surface area contributed by atoms with Crippen LogP contribution in [0.5, 0.6) is 0 Å². The van der Waals surface area contributed by atoms with Crippen LogP contribution in [0.2, 0.25) is 0 Å². The van der Waals surface area contributed by atoms with Crippen molar-refractivity contribution in [2.24, 2.45) is 5.92 Å². The van der Waals surface area contributed by atoms with Crippen LogP contribution in [0.25, 0.3) is 0 Å². The van der Waals surface area contributed by atoms with Crippen LogP contribution < -0.4 is 0 Å². The molecule has 1 heteroatoms. The molecule has 1 atom stereocenters. The van der Waals surface area contributed by atoms with Gasteiger partial charge in [0.2, 0.25) is 0 Å². The van der Waals surface area contributed by atoms with Crippen molar-refractivity contribution in [1.82, 2.24) is 0 Å². The lowest BCUT2D eigenvalue weighted by atomic mass is 9.99. The maximum absolute atomic E-state index is 8.45. The molecule has 0 saturated heterocycles. The Hall–Kier alpha value is -1.03. The molecular weight excluding hydrogens is 110 g/mol. The van der Waals surface area contributed by atoms with E-state index in [1.165, 1.54) is 5.57 Å². The average Bonchev–Trinajstić information content (AvgIpc) is 1.90. The first-order chi connectivity index (χ1) is 4.33. The van der Waals surface area contributed by atoms with Crippen LogP contribution in [0.4, 0.5) is 0 Å². The van der Waals surface area contributed by atoms with E-state index in [2.05, 4.69) is 12.1 Å². The quantitative estimate of drug-likeness (QED) is 0.478. The fourth-order valence-electron chi connectivity index (χ4n) is 0.823. The van der Waals surface area contributed by atoms with Crippen LogP contribution in [0.1, 0.15) is 13.3 Å². The lowest BCUT2D eigenvalue weighted by Crippen LogP contribution is -1.93. The molecule has 1 aliphatic rings. The summed E-state index contributed by atoms with van der Waals surface area (Å²) >= 11 is 0. The van der Waals surface area contributed by atoms with Gasteiger partial charge in [0, 0.05) is 0 Å². The molecule has 0 aromatic rings. The third-order valence-corrected chi connectivity index (χ3v) is 1.45. The third-order valence-electron chi connectivity index (χ3n) is 1.45. The van der Waals surface area contributed by atoms with E-state index < -0.39 is 0 Å². The standard InChI is InChI=1S/C8H9N/c1-7-2-4-8(6-9)5-3-7/h2-4,8H,5H2,1H3. The molecule has 0 amide bonds. The van der Waals surface area contributed by atoms with E-state index in [1.807, 2.05) is 19.1 Å². The number of allylic oxidation sites excluding steroid dienone is 4. The van der Waals surface area contributed by atoms with Crippen molar-refractivity contribution >= 4 is 0 Å². The molecule has 0 aliphatic heterocycles. The zero-order valence-electron chi connectivity index (χ0n) is 5.46. The first-order valence-corrected chi connectivity index (χ1v) is 3.07. The summed E-state index contributed by atoms with van der Waals surface area (Å²) < 4.78 is 0. The minimum absolute atomic E-state index is 0.119. The molecular formula is C8H9N. The van der Waals surface area contributed by atoms with Gasteiger partial charge < -0.3 is 0 Å². The first-order valence-electron chi connectivity index (χ1n) is 3.07. The molecule has 0 bridgehead atoms. The Morgan fingerprint density at radius 1 is 1.78 bits per heavy atom. The minimum atomic E-state index is 0.119. The number of hydrogen-bond acceptors (Lipinski definition) is 1. The summed E-state index contributed by atoms with van der Waals surface area (Å²) in [6.45, 7) is 2.05. The van der Waals surface area contributed by atoms with E-state index >= 15 is 0 Å². The predicted molar refractivity (Wildman–Crippen MR) is 36.6 cm³/mol. The highest BCUT2D eigenvalue weighted by Gasteiger charge is 2.03. The highest BCUT2D eigenvalue weighted by atomic mass is 14.3. The molecule has 0 N–H and O–H groups in total. The Morgan fingerprint density at radius 2 is 2.56 bits per heavy atom. The molecule has 1 rings (SSSR count). The largest absolute Gasteiger partial charge is 0.198 e. The fraction of sp³-hybridized carbons (Fsp3) is 0.375. The van der Waals surface area contributed by atoms with E-state index in [0.29, 0.717) is 0 Å². The van der Waals surface area contributed by atoms with Gasteiger partial charge in [-0.1, -0.05) is 23.8 Å². The lowest BCUT2D eigenvalue weighted by Gasteiger charge is -2.04. The SMILES string of the molecule is CC1=CCC(C#N)C=C1. The van der Waals surface area contributed by atoms with Gasteiger partial charge >= 0.3 is 0 Å². The van der Waals surface area contributed by atoms with Gasteiger partial charge in [-0.05, 0) is 13.3 Å². The molecule has 0 radical (unpaired) electrons. The predicted octanol–water partition coefficient (Wildman–Crippen LogP) is 2.03. The van der Waals surface area contributed by atoms with Gasteiger partial charge in [0.25, 0.3) is 0 Å². The second-order valence-electron chi connectivity index (χ2n) is 2.28. The Kier molecular flexibility index (Phi) is 1.69. The van der Waals surface area contributed by atoms with Crippen molar-refractivity contribution in [3.63, 3.8) is 0 Å². The molecule has 9 heavy (non-hydrogen) atoms. The maximum atomic E-state index is 8.45. The first kappa shape index (κ1) is 6.10. The second-order valence-corrected chi connectivity index (χ2v) is 2.28. The Labute approximate surface area is 55.3 Å². The van der Waals surface area contributed by atoms with Crippen molar-refractivity contribution in [3.8, 4) is 6.07 Å². The van der Waals surface area contributed by atoms with Gasteiger partial charge in [-0.2, -0.15) is 5.26 Å². The second kappa shape index (κ2) is 2.50. The van der Waals surface area contributed by atoms with Gasteiger partial charge in [-0.25, -0.2) is 0 Å². The van der Waals surface area contributed by atoms with E-state index in [-0.39, 0.29) is 5.92 Å². The summed E-state index contributed by atoms with van der Waals surface area (Å²) in [6.07, 6.45) is 6.93. The van der Waals surface area contributed by atoms with Crippen LogP contribution >= 0.6 is 0 Å². The summed E-state index contributed by atoms with van der Waals surface area (Å²) in [7, 11) is 0. The van der Waals surface area contributed by atoms with Crippen molar-refractivity contribution in [2.45, 2.75) is 13.3 Å². The summed E-state index contributed by atoms with van der Waals surface area (Å²) in [5, 5.41) is 8.45. The molecule has 0 aromatic carbocycles. The molecule has 0 spiro atoms. The van der Waals surface area contributed by atoms with Crippen LogP contribution in [-0.4, -0.2) is 0 Å². The molecule has 1 unspecified atom stereocenters. The lowest BCUT2D eigenvalue weighted by molar-refractivity contribution is 0.829. The molecule has 0 aromatic heterocycles. The average molecular weight is 119 g/mol. The van der Waals surface area contributed by atoms with Crippen LogP contribution in [0, 0.1) is 17.2 Å². The van der Waals surface area contributed by atoms with Crippen molar-refractivity contribution < 1.29 is 0 Å². The normalized spacial score (nSPS) is 24.9. The molecule has 1 nitrogen and oxygen atoms in total. The summed E-state index contributed by atoms with van der Waals surface area (Å²) in [4.78, 5) is 0. The van der Waals surface area contributed by atoms with Gasteiger partial charge in [0.15, 0.2) is 0 Å². The number of nitrogens with zero attached hydrogens (tertiary/aromatic N) is 1. The number of hydrogen-bond donors (Lipinski definition) is 0. The third kappa shape index (κ3) is 1.43. The monoisotopic (exact) mass is 119 g/mol. The molecule has 0 saturated carbocycles. The van der Waals surface area contributed by atoms with Crippen molar-refractivity contribution in [1.29, 1.82) is 5.26 Å². The van der Waals surface area contributed by atoms with E-state index in [4.69, 9.17) is 5.26 Å². The van der Waals surface area contributed by atoms with Gasteiger partial charge in [0.1, 0.15) is 0 Å². The van der Waals surface area contributed by atoms with Crippen LogP contribution in [-0.2, 0) is 0 Å². The van der Waals surface area contributed by atoms with Crippen LogP contribution in [0.15, 0.2) is 23.8 Å². The molecule has 1 aliphatic carbocycles. The summed E-state index contributed by atoms with van der Waals surface area (Å²) in [5.74, 6) is 0.119. The summed E-state index contributed by atoms with van der Waals surface area (Å²) in [6, 6.07) is 2.19. The van der Waals surface area contributed by atoms with E-state index in [0.717, 1.165) is 6.42 Å². The molecule has 0 heterocycles. The highest BCUT2D eigenvalue weighted by molar-refractivity contribution is 5.23. The smallest absolute Gasteiger partial charge is 0.0700 e. The van der Waals surface area contributed by atoms with Gasteiger partial charge in [-0.3, -0.25) is 0 Å². The minimum Gasteiger partial charge on any atom is -0.198 e. The fourth-order valence-corrected chi connectivity index (χ4v) is 0.823. The van der Waals surface area contributed by atoms with Gasteiger partial charge in [0.05, 0.1) is 12.0 Å².